The summed E-state index contributed by atoms with van der Waals surface area (Å²) in [7, 11) is 3.34. The first-order chi connectivity index (χ1) is 10.1. The van der Waals surface area contributed by atoms with Crippen LogP contribution >= 0.6 is 0 Å². The highest BCUT2D eigenvalue weighted by molar-refractivity contribution is 5.78. The Morgan fingerprint density at radius 1 is 1.19 bits per heavy atom. The van der Waals surface area contributed by atoms with Crippen molar-refractivity contribution in [2.45, 2.75) is 57.9 Å². The lowest BCUT2D eigenvalue weighted by atomic mass is 9.94. The molecule has 122 valence electrons. The first kappa shape index (κ1) is 18.0. The van der Waals surface area contributed by atoms with Gasteiger partial charge < -0.3 is 9.64 Å². The molecule has 0 spiro atoms. The smallest absolute Gasteiger partial charge is 0.305 e. The third-order valence-electron chi connectivity index (χ3n) is 4.23. The van der Waals surface area contributed by atoms with Crippen molar-refractivity contribution in [3.05, 3.63) is 0 Å². The Kier molecular flexibility index (Phi) is 8.35. The van der Waals surface area contributed by atoms with Crippen molar-refractivity contribution in [2.24, 2.45) is 0 Å². The summed E-state index contributed by atoms with van der Waals surface area (Å²) in [5, 5.41) is 0. The summed E-state index contributed by atoms with van der Waals surface area (Å²) in [5.74, 6) is 0.0251. The fraction of sp³-hybridized carbons (Fsp3) is 0.875. The van der Waals surface area contributed by atoms with Crippen LogP contribution in [0.3, 0.4) is 0 Å². The zero-order valence-corrected chi connectivity index (χ0v) is 13.8. The molecule has 1 fully saturated rings. The van der Waals surface area contributed by atoms with E-state index in [-0.39, 0.29) is 11.9 Å². The summed E-state index contributed by atoms with van der Waals surface area (Å²) in [6.07, 6.45) is 7.21. The number of carbonyl (C=O) groups excluding carboxylic acids is 2. The van der Waals surface area contributed by atoms with Crippen LogP contribution in [0, 0.1) is 0 Å². The minimum absolute atomic E-state index is 0.188. The number of hydrogen-bond acceptors (Lipinski definition) is 4. The molecule has 0 heterocycles. The number of rotatable bonds is 8. The maximum Gasteiger partial charge on any atom is 0.305 e. The van der Waals surface area contributed by atoms with Crippen LogP contribution in [0.5, 0.6) is 0 Å². The van der Waals surface area contributed by atoms with Crippen LogP contribution in [0.1, 0.15) is 51.9 Å². The Labute approximate surface area is 128 Å². The molecule has 0 atom stereocenters. The van der Waals surface area contributed by atoms with E-state index in [1.165, 1.54) is 26.4 Å². The third-order valence-corrected chi connectivity index (χ3v) is 4.23. The minimum atomic E-state index is -0.188. The van der Waals surface area contributed by atoms with Crippen LogP contribution in [0.4, 0.5) is 0 Å². The molecular weight excluding hydrogens is 268 g/mol. The van der Waals surface area contributed by atoms with Gasteiger partial charge in [0.2, 0.25) is 5.91 Å². The molecule has 0 aliphatic heterocycles. The van der Waals surface area contributed by atoms with Crippen molar-refractivity contribution >= 4 is 11.9 Å². The Balaban J connectivity index is 2.33. The Bertz CT molecular complexity index is 327. The van der Waals surface area contributed by atoms with E-state index in [0.717, 1.165) is 32.4 Å². The number of amides is 1. The molecule has 0 bridgehead atoms. The normalized spacial score (nSPS) is 16.0. The molecule has 5 heteroatoms. The van der Waals surface area contributed by atoms with Gasteiger partial charge in [0.05, 0.1) is 13.7 Å². The molecule has 1 saturated carbocycles. The van der Waals surface area contributed by atoms with E-state index in [9.17, 15) is 9.59 Å². The van der Waals surface area contributed by atoms with Crippen LogP contribution in [0.15, 0.2) is 0 Å². The molecule has 1 aliphatic rings. The van der Waals surface area contributed by atoms with Crippen molar-refractivity contribution in [1.82, 2.24) is 9.80 Å². The number of nitrogens with zero attached hydrogens (tertiary/aromatic N) is 2. The number of esters is 1. The average molecular weight is 298 g/mol. The largest absolute Gasteiger partial charge is 0.469 e. The van der Waals surface area contributed by atoms with Crippen molar-refractivity contribution in [3.63, 3.8) is 0 Å². The van der Waals surface area contributed by atoms with Crippen molar-refractivity contribution in [3.8, 4) is 0 Å². The number of likely N-dealkylation sites (N-methyl/N-ethyl adjacent to an activating group) is 2. The second-order valence-corrected chi connectivity index (χ2v) is 5.89. The predicted octanol–water partition coefficient (Wildman–Crippen LogP) is 2.05. The lowest BCUT2D eigenvalue weighted by molar-refractivity contribution is -0.140. The molecule has 0 N–H and O–H groups in total. The number of carbonyl (C=O) groups is 2. The van der Waals surface area contributed by atoms with Gasteiger partial charge in [0, 0.05) is 19.0 Å². The van der Waals surface area contributed by atoms with Gasteiger partial charge in [-0.25, -0.2) is 0 Å². The molecule has 0 aromatic rings. The van der Waals surface area contributed by atoms with Crippen LogP contribution in [-0.2, 0) is 14.3 Å². The summed E-state index contributed by atoms with van der Waals surface area (Å²) in [4.78, 5) is 27.5. The summed E-state index contributed by atoms with van der Waals surface area (Å²) >= 11 is 0. The summed E-state index contributed by atoms with van der Waals surface area (Å²) < 4.78 is 4.62. The highest BCUT2D eigenvalue weighted by atomic mass is 16.5. The maximum absolute atomic E-state index is 12.4. The van der Waals surface area contributed by atoms with Crippen LogP contribution < -0.4 is 0 Å². The van der Waals surface area contributed by atoms with Crippen LogP contribution in [-0.4, -0.2) is 61.5 Å². The Hall–Kier alpha value is -1.10. The quantitative estimate of drug-likeness (QED) is 0.644. The van der Waals surface area contributed by atoms with E-state index in [4.69, 9.17) is 0 Å². The molecule has 0 radical (unpaired) electrons. The molecule has 0 aromatic carbocycles. The molecular formula is C16H30N2O3. The first-order valence-electron chi connectivity index (χ1n) is 8.13. The highest BCUT2D eigenvalue weighted by Crippen LogP contribution is 2.22. The molecule has 1 rings (SSSR count). The number of hydrogen-bond donors (Lipinski definition) is 0. The number of methoxy groups -OCH3 is 1. The zero-order chi connectivity index (χ0) is 15.7. The van der Waals surface area contributed by atoms with Crippen LogP contribution in [0.2, 0.25) is 0 Å². The van der Waals surface area contributed by atoms with E-state index in [1.54, 1.807) is 0 Å². The SMILES string of the molecule is CCN(C(=O)CN(C)CCCC(=O)OC)C1CCCCC1. The Morgan fingerprint density at radius 2 is 1.86 bits per heavy atom. The second-order valence-electron chi connectivity index (χ2n) is 5.89. The number of ether oxygens (including phenoxy) is 1. The summed E-state index contributed by atoms with van der Waals surface area (Å²) in [6, 6.07) is 0.430. The van der Waals surface area contributed by atoms with Gasteiger partial charge in [-0.05, 0) is 39.8 Å². The summed E-state index contributed by atoms with van der Waals surface area (Å²) in [5.41, 5.74) is 0. The van der Waals surface area contributed by atoms with Gasteiger partial charge in [0.1, 0.15) is 0 Å². The lowest BCUT2D eigenvalue weighted by Crippen LogP contribution is -2.45. The van der Waals surface area contributed by atoms with E-state index >= 15 is 0 Å². The van der Waals surface area contributed by atoms with Crippen LogP contribution in [0.25, 0.3) is 0 Å². The van der Waals surface area contributed by atoms with Gasteiger partial charge >= 0.3 is 5.97 Å². The van der Waals surface area contributed by atoms with Gasteiger partial charge in [0.25, 0.3) is 0 Å². The second kappa shape index (κ2) is 9.77. The molecule has 0 unspecified atom stereocenters. The third kappa shape index (κ3) is 6.46. The first-order valence-corrected chi connectivity index (χ1v) is 8.13. The van der Waals surface area contributed by atoms with Crippen molar-refractivity contribution in [2.75, 3.05) is 33.8 Å². The average Bonchev–Trinajstić information content (AvgIpc) is 2.48. The standard InChI is InChI=1S/C16H30N2O3/c1-4-18(14-9-6-5-7-10-14)15(19)13-17(2)12-8-11-16(20)21-3/h14H,4-13H2,1-3H3. The van der Waals surface area contributed by atoms with E-state index in [1.807, 2.05) is 16.8 Å². The minimum Gasteiger partial charge on any atom is -0.469 e. The van der Waals surface area contributed by atoms with Gasteiger partial charge in [-0.2, -0.15) is 0 Å². The lowest BCUT2D eigenvalue weighted by Gasteiger charge is -2.34. The van der Waals surface area contributed by atoms with Gasteiger partial charge in [-0.15, -0.1) is 0 Å². The zero-order valence-electron chi connectivity index (χ0n) is 13.8. The fourth-order valence-corrected chi connectivity index (χ4v) is 3.03. The maximum atomic E-state index is 12.4. The molecule has 1 aliphatic carbocycles. The predicted molar refractivity (Wildman–Crippen MR) is 83.0 cm³/mol. The topological polar surface area (TPSA) is 49.9 Å². The van der Waals surface area contributed by atoms with Crippen molar-refractivity contribution in [1.29, 1.82) is 0 Å². The fourth-order valence-electron chi connectivity index (χ4n) is 3.03. The molecule has 0 aromatic heterocycles. The molecule has 1 amide bonds. The summed E-state index contributed by atoms with van der Waals surface area (Å²) in [6.45, 7) is 4.03. The highest BCUT2D eigenvalue weighted by Gasteiger charge is 2.24. The van der Waals surface area contributed by atoms with Crippen molar-refractivity contribution < 1.29 is 14.3 Å². The van der Waals surface area contributed by atoms with Gasteiger partial charge in [-0.1, -0.05) is 19.3 Å². The van der Waals surface area contributed by atoms with E-state index in [0.29, 0.717) is 19.0 Å². The van der Waals surface area contributed by atoms with Gasteiger partial charge in [-0.3, -0.25) is 14.5 Å². The molecule has 0 saturated heterocycles. The monoisotopic (exact) mass is 298 g/mol. The van der Waals surface area contributed by atoms with Gasteiger partial charge in [0.15, 0.2) is 0 Å². The molecule has 21 heavy (non-hydrogen) atoms. The molecule has 5 nitrogen and oxygen atoms in total. The van der Waals surface area contributed by atoms with E-state index < -0.39 is 0 Å². The van der Waals surface area contributed by atoms with E-state index in [2.05, 4.69) is 11.7 Å². The Morgan fingerprint density at radius 3 is 2.43 bits per heavy atom.